The number of hydrogen-bond acceptors (Lipinski definition) is 11. The van der Waals surface area contributed by atoms with E-state index in [0.29, 0.717) is 59.8 Å². The zero-order valence-electron chi connectivity index (χ0n) is 21.4. The summed E-state index contributed by atoms with van der Waals surface area (Å²) in [5.74, 6) is -5.62. The van der Waals surface area contributed by atoms with Crippen molar-refractivity contribution in [3.05, 3.63) is 52.8 Å². The molecule has 0 bridgehead atoms. The van der Waals surface area contributed by atoms with Crippen molar-refractivity contribution in [2.75, 3.05) is 36.8 Å². The van der Waals surface area contributed by atoms with E-state index >= 15 is 0 Å². The monoisotopic (exact) mass is 561 g/mol. The number of carbonyl (C=O) groups excluding carboxylic acids is 2. The van der Waals surface area contributed by atoms with Gasteiger partial charge in [0.2, 0.25) is 0 Å². The number of carboxylic acid groups (broad SMARTS) is 4. The number of hydrogen-bond donors (Lipinski definition) is 8. The van der Waals surface area contributed by atoms with Gasteiger partial charge in [-0.2, -0.15) is 0 Å². The summed E-state index contributed by atoms with van der Waals surface area (Å²) < 4.78 is 0. The van der Waals surface area contributed by atoms with Crippen molar-refractivity contribution in [1.29, 1.82) is 0 Å². The average Bonchev–Trinajstić information content (AvgIpc) is 2.87. The number of nitrogens with two attached hydrogens (primary N) is 2. The van der Waals surface area contributed by atoms with Crippen LogP contribution in [0.2, 0.25) is 0 Å². The lowest BCUT2D eigenvalue weighted by atomic mass is 9.83. The summed E-state index contributed by atoms with van der Waals surface area (Å²) in [5.41, 5.74) is 13.9. The lowest BCUT2D eigenvalue weighted by Gasteiger charge is -2.23. The molecule has 3 rings (SSSR count). The number of aliphatic carboxylic acids is 4. The molecule has 1 aliphatic rings. The predicted octanol–water partition coefficient (Wildman–Crippen LogP) is 0.470. The molecule has 1 aromatic heterocycles. The first-order chi connectivity index (χ1) is 18.9. The molecule has 1 aliphatic carbocycles. The van der Waals surface area contributed by atoms with Crippen molar-refractivity contribution >= 4 is 46.8 Å². The second-order valence-corrected chi connectivity index (χ2v) is 8.06. The minimum absolute atomic E-state index is 0.172. The van der Waals surface area contributed by atoms with Crippen LogP contribution in [0.25, 0.3) is 0 Å². The van der Waals surface area contributed by atoms with Crippen molar-refractivity contribution in [2.45, 2.75) is 25.7 Å². The van der Waals surface area contributed by atoms with Crippen LogP contribution < -0.4 is 22.1 Å². The van der Waals surface area contributed by atoms with Crippen LogP contribution in [0, 0.1) is 0 Å². The minimum Gasteiger partial charge on any atom is -0.481 e. The molecule has 0 fully saturated rings. The number of nitrogens with zero attached hydrogens (tertiary/aromatic N) is 1. The van der Waals surface area contributed by atoms with Crippen molar-refractivity contribution in [1.82, 2.24) is 4.98 Å². The molecule has 2 aromatic rings. The summed E-state index contributed by atoms with van der Waals surface area (Å²) in [6.45, 7) is 2.36. The van der Waals surface area contributed by atoms with E-state index in [9.17, 15) is 28.8 Å². The van der Waals surface area contributed by atoms with E-state index in [1.54, 1.807) is 6.07 Å². The summed E-state index contributed by atoms with van der Waals surface area (Å²) in [7, 11) is 0. The van der Waals surface area contributed by atoms with Crippen LogP contribution in [0.3, 0.4) is 0 Å². The van der Waals surface area contributed by atoms with E-state index in [0.717, 1.165) is 12.8 Å². The molecule has 10 N–H and O–H groups in total. The van der Waals surface area contributed by atoms with Gasteiger partial charge in [-0.3, -0.25) is 33.8 Å². The fraction of sp³-hybridized carbons (Fsp3) is 0.320. The number of ketones is 2. The highest BCUT2D eigenvalue weighted by atomic mass is 16.4. The van der Waals surface area contributed by atoms with Gasteiger partial charge in [-0.25, -0.2) is 0 Å². The lowest BCUT2D eigenvalue weighted by Crippen LogP contribution is -2.25. The first-order valence-electron chi connectivity index (χ1n) is 11.9. The molecule has 1 aromatic carbocycles. The normalized spacial score (nSPS) is 10.9. The molecule has 0 aliphatic heterocycles. The molecule has 0 unspecified atom stereocenters. The Kier molecular flexibility index (Phi) is 14.0. The zero-order chi connectivity index (χ0) is 30.2. The van der Waals surface area contributed by atoms with Crippen LogP contribution in [0.1, 0.15) is 57.5 Å². The summed E-state index contributed by atoms with van der Waals surface area (Å²) >= 11 is 0. The fourth-order valence-corrected chi connectivity index (χ4v) is 3.32. The number of aromatic nitrogens is 1. The van der Waals surface area contributed by atoms with Gasteiger partial charge < -0.3 is 42.5 Å². The Morgan fingerprint density at radius 3 is 1.43 bits per heavy atom. The van der Waals surface area contributed by atoms with Gasteiger partial charge in [0, 0.05) is 42.4 Å². The molecule has 0 radical (unpaired) electrons. The molecule has 0 amide bonds. The van der Waals surface area contributed by atoms with E-state index < -0.39 is 36.7 Å². The van der Waals surface area contributed by atoms with Gasteiger partial charge in [-0.1, -0.05) is 0 Å². The number of benzene rings is 1. The van der Waals surface area contributed by atoms with Crippen molar-refractivity contribution in [3.8, 4) is 0 Å². The van der Waals surface area contributed by atoms with Crippen LogP contribution >= 0.6 is 0 Å². The number of carbonyl (C=O) groups is 6. The van der Waals surface area contributed by atoms with E-state index in [1.165, 1.54) is 12.4 Å². The molecular weight excluding hydrogens is 530 g/mol. The van der Waals surface area contributed by atoms with Crippen LogP contribution in [-0.2, 0) is 19.2 Å². The van der Waals surface area contributed by atoms with Gasteiger partial charge >= 0.3 is 23.9 Å². The minimum atomic E-state index is -1.31. The maximum Gasteiger partial charge on any atom is 0.314 e. The molecule has 0 spiro atoms. The molecule has 40 heavy (non-hydrogen) atoms. The van der Waals surface area contributed by atoms with Crippen molar-refractivity contribution in [2.24, 2.45) is 11.5 Å². The van der Waals surface area contributed by atoms with Gasteiger partial charge in [0.25, 0.3) is 0 Å². The molecule has 15 nitrogen and oxygen atoms in total. The number of fused-ring (bicyclic) bond motifs is 2. The van der Waals surface area contributed by atoms with Crippen LogP contribution in [0.15, 0.2) is 30.6 Å². The zero-order valence-corrected chi connectivity index (χ0v) is 21.4. The molecule has 216 valence electrons. The van der Waals surface area contributed by atoms with E-state index in [4.69, 9.17) is 31.9 Å². The second-order valence-electron chi connectivity index (χ2n) is 8.06. The third kappa shape index (κ3) is 10.5. The molecule has 1 heterocycles. The third-order valence-electron chi connectivity index (χ3n) is 4.97. The summed E-state index contributed by atoms with van der Waals surface area (Å²) in [6, 6.07) is 5.25. The quantitative estimate of drug-likeness (QED) is 0.110. The third-order valence-corrected chi connectivity index (χ3v) is 4.97. The van der Waals surface area contributed by atoms with Gasteiger partial charge in [-0.05, 0) is 44.1 Å². The average molecular weight is 562 g/mol. The maximum atomic E-state index is 13.1. The van der Waals surface area contributed by atoms with Crippen molar-refractivity contribution < 1.29 is 49.2 Å². The molecule has 0 saturated heterocycles. The predicted molar refractivity (Wildman–Crippen MR) is 142 cm³/mol. The molecule has 15 heteroatoms. The fourth-order valence-electron chi connectivity index (χ4n) is 3.32. The Morgan fingerprint density at radius 2 is 1.07 bits per heavy atom. The first kappa shape index (κ1) is 33.1. The topological polar surface area (TPSA) is 272 Å². The Labute approximate surface area is 228 Å². The Bertz CT molecular complexity index is 1130. The second kappa shape index (κ2) is 16.8. The number of rotatable bonds is 12. The molecular formula is C25H31N5O10. The number of anilines is 2. The highest BCUT2D eigenvalue weighted by Gasteiger charge is 2.34. The Morgan fingerprint density at radius 1 is 0.675 bits per heavy atom. The largest absolute Gasteiger partial charge is 0.481 e. The van der Waals surface area contributed by atoms with Gasteiger partial charge in [-0.15, -0.1) is 0 Å². The van der Waals surface area contributed by atoms with Crippen LogP contribution in [0.4, 0.5) is 11.4 Å². The Hall–Kier alpha value is -4.89. The SMILES string of the molecule is NCCCNc1ccc(NCCCN)c2c1C(=O)c1ccncc1C2=O.O=C(O)CC(=O)O.O=C(O)CC(=O)O. The van der Waals surface area contributed by atoms with Gasteiger partial charge in [0.05, 0.1) is 16.7 Å². The van der Waals surface area contributed by atoms with Gasteiger partial charge in [0.1, 0.15) is 12.8 Å². The molecule has 0 saturated carbocycles. The lowest BCUT2D eigenvalue weighted by molar-refractivity contribution is -0.149. The van der Waals surface area contributed by atoms with Crippen molar-refractivity contribution in [3.63, 3.8) is 0 Å². The molecule has 0 atom stereocenters. The van der Waals surface area contributed by atoms with E-state index in [2.05, 4.69) is 15.6 Å². The van der Waals surface area contributed by atoms with Crippen LogP contribution in [-0.4, -0.2) is 87.0 Å². The van der Waals surface area contributed by atoms with Gasteiger partial charge in [0.15, 0.2) is 11.6 Å². The highest BCUT2D eigenvalue weighted by Crippen LogP contribution is 2.36. The number of pyridine rings is 1. The number of nitrogens with one attached hydrogen (secondary N) is 2. The summed E-state index contributed by atoms with van der Waals surface area (Å²) in [6.07, 6.45) is 2.91. The highest BCUT2D eigenvalue weighted by molar-refractivity contribution is 6.31. The van der Waals surface area contributed by atoms with Crippen LogP contribution in [0.5, 0.6) is 0 Å². The number of carboxylic acids is 4. The smallest absolute Gasteiger partial charge is 0.314 e. The van der Waals surface area contributed by atoms with E-state index in [-0.39, 0.29) is 11.6 Å². The first-order valence-corrected chi connectivity index (χ1v) is 11.9. The van der Waals surface area contributed by atoms with E-state index in [1.807, 2.05) is 12.1 Å². The Balaban J connectivity index is 0.000000473. The summed E-state index contributed by atoms with van der Waals surface area (Å²) in [4.78, 5) is 67.9. The standard InChI is InChI=1S/C19H23N5O2.2C3H4O4/c20-6-1-8-23-14-3-4-15(24-9-2-7-21)17-16(14)18(25)12-5-10-22-11-13(12)19(17)26;2*4-2(5)1-3(6)7/h3-5,10-11,23-24H,1-2,6-9,20-21H2;2*1H2,(H,4,5)(H,6,7). The maximum absolute atomic E-state index is 13.1. The summed E-state index contributed by atoms with van der Waals surface area (Å²) in [5, 5.41) is 37.3.